The van der Waals surface area contributed by atoms with Crippen LogP contribution in [-0.2, 0) is 0 Å². The molecule has 2 atom stereocenters. The van der Waals surface area contributed by atoms with Crippen LogP contribution in [0.5, 0.6) is 5.75 Å². The number of ether oxygens (including phenoxy) is 1. The molecule has 3 nitrogen and oxygen atoms in total. The molecule has 1 aromatic rings. The van der Waals surface area contributed by atoms with Crippen molar-refractivity contribution in [2.75, 3.05) is 13.2 Å². The SMILES string of the molecule is CCNC1(CO)CCCC(Oc2ccc(F)cc2)C1. The average molecular weight is 267 g/mol. The summed E-state index contributed by atoms with van der Waals surface area (Å²) >= 11 is 0. The first kappa shape index (κ1) is 14.3. The van der Waals surface area contributed by atoms with E-state index < -0.39 is 0 Å². The second-order valence-electron chi connectivity index (χ2n) is 5.26. The number of aliphatic hydroxyl groups excluding tert-OH is 1. The summed E-state index contributed by atoms with van der Waals surface area (Å²) in [6.07, 6.45) is 3.84. The van der Waals surface area contributed by atoms with Gasteiger partial charge in [0.05, 0.1) is 6.61 Å². The zero-order valence-electron chi connectivity index (χ0n) is 11.4. The van der Waals surface area contributed by atoms with Crippen LogP contribution in [0.3, 0.4) is 0 Å². The quantitative estimate of drug-likeness (QED) is 0.861. The fourth-order valence-corrected chi connectivity index (χ4v) is 2.85. The predicted molar refractivity (Wildman–Crippen MR) is 72.8 cm³/mol. The molecule has 1 aliphatic rings. The van der Waals surface area contributed by atoms with E-state index in [1.54, 1.807) is 12.1 Å². The molecule has 2 unspecified atom stereocenters. The molecule has 2 N–H and O–H groups in total. The number of rotatable bonds is 5. The molecule has 0 spiro atoms. The third-order valence-corrected chi connectivity index (χ3v) is 3.77. The van der Waals surface area contributed by atoms with Crippen molar-refractivity contribution in [3.8, 4) is 5.75 Å². The van der Waals surface area contributed by atoms with Gasteiger partial charge in [-0.25, -0.2) is 4.39 Å². The largest absolute Gasteiger partial charge is 0.490 e. The Labute approximate surface area is 113 Å². The second kappa shape index (κ2) is 6.35. The Morgan fingerprint density at radius 1 is 1.42 bits per heavy atom. The van der Waals surface area contributed by atoms with Crippen LogP contribution in [-0.4, -0.2) is 29.9 Å². The molecule has 106 valence electrons. The van der Waals surface area contributed by atoms with Gasteiger partial charge in [-0.3, -0.25) is 0 Å². The van der Waals surface area contributed by atoms with E-state index in [0.717, 1.165) is 32.2 Å². The molecular weight excluding hydrogens is 245 g/mol. The normalized spacial score (nSPS) is 27.2. The van der Waals surface area contributed by atoms with E-state index in [1.165, 1.54) is 12.1 Å². The van der Waals surface area contributed by atoms with Gasteiger partial charge in [-0.15, -0.1) is 0 Å². The maximum atomic E-state index is 12.8. The van der Waals surface area contributed by atoms with Crippen molar-refractivity contribution in [2.45, 2.75) is 44.2 Å². The fraction of sp³-hybridized carbons (Fsp3) is 0.600. The number of benzene rings is 1. The van der Waals surface area contributed by atoms with Gasteiger partial charge in [0.15, 0.2) is 0 Å². The minimum Gasteiger partial charge on any atom is -0.490 e. The van der Waals surface area contributed by atoms with Crippen molar-refractivity contribution in [1.82, 2.24) is 5.32 Å². The summed E-state index contributed by atoms with van der Waals surface area (Å²) in [5.41, 5.74) is -0.225. The van der Waals surface area contributed by atoms with Crippen LogP contribution in [0, 0.1) is 5.82 Å². The highest BCUT2D eigenvalue weighted by Gasteiger charge is 2.36. The van der Waals surface area contributed by atoms with Crippen LogP contribution in [0.2, 0.25) is 0 Å². The Kier molecular flexibility index (Phi) is 4.77. The van der Waals surface area contributed by atoms with Crippen molar-refractivity contribution in [3.05, 3.63) is 30.1 Å². The van der Waals surface area contributed by atoms with Gasteiger partial charge < -0.3 is 15.2 Å². The lowest BCUT2D eigenvalue weighted by Crippen LogP contribution is -2.53. The van der Waals surface area contributed by atoms with Gasteiger partial charge in [-0.1, -0.05) is 6.92 Å². The summed E-state index contributed by atoms with van der Waals surface area (Å²) in [7, 11) is 0. The summed E-state index contributed by atoms with van der Waals surface area (Å²) in [6, 6.07) is 6.11. The number of nitrogens with one attached hydrogen (secondary N) is 1. The Morgan fingerprint density at radius 3 is 2.79 bits per heavy atom. The molecule has 1 aliphatic carbocycles. The van der Waals surface area contributed by atoms with Crippen LogP contribution in [0.25, 0.3) is 0 Å². The van der Waals surface area contributed by atoms with Crippen LogP contribution >= 0.6 is 0 Å². The van der Waals surface area contributed by atoms with E-state index in [0.29, 0.717) is 5.75 Å². The van der Waals surface area contributed by atoms with Crippen LogP contribution in [0.15, 0.2) is 24.3 Å². The van der Waals surface area contributed by atoms with Crippen LogP contribution in [0.4, 0.5) is 4.39 Å². The number of hydrogen-bond donors (Lipinski definition) is 2. The van der Waals surface area contributed by atoms with Gasteiger partial charge in [0, 0.05) is 12.0 Å². The zero-order valence-corrected chi connectivity index (χ0v) is 11.4. The van der Waals surface area contributed by atoms with Gasteiger partial charge in [-0.05, 0) is 50.1 Å². The summed E-state index contributed by atoms with van der Waals surface area (Å²) in [5.74, 6) is 0.435. The lowest BCUT2D eigenvalue weighted by Gasteiger charge is -2.40. The molecule has 0 aliphatic heterocycles. The molecular formula is C15H22FNO2. The van der Waals surface area contributed by atoms with E-state index >= 15 is 0 Å². The molecule has 0 aromatic heterocycles. The number of halogens is 1. The summed E-state index contributed by atoms with van der Waals surface area (Å²) in [5, 5.41) is 13.0. The van der Waals surface area contributed by atoms with Crippen molar-refractivity contribution in [2.24, 2.45) is 0 Å². The Morgan fingerprint density at radius 2 is 2.16 bits per heavy atom. The molecule has 4 heteroatoms. The van der Waals surface area contributed by atoms with Crippen molar-refractivity contribution in [3.63, 3.8) is 0 Å². The van der Waals surface area contributed by atoms with E-state index in [9.17, 15) is 9.50 Å². The van der Waals surface area contributed by atoms with Gasteiger partial charge in [0.25, 0.3) is 0 Å². The molecule has 0 amide bonds. The zero-order chi connectivity index (χ0) is 13.7. The predicted octanol–water partition coefficient (Wildman–Crippen LogP) is 2.49. The highest BCUT2D eigenvalue weighted by Crippen LogP contribution is 2.31. The van der Waals surface area contributed by atoms with Gasteiger partial charge in [0.1, 0.15) is 17.7 Å². The summed E-state index contributed by atoms with van der Waals surface area (Å²) < 4.78 is 18.7. The number of aliphatic hydroxyl groups is 1. The molecule has 0 saturated heterocycles. The van der Waals surface area contributed by atoms with Gasteiger partial charge >= 0.3 is 0 Å². The van der Waals surface area contributed by atoms with Crippen molar-refractivity contribution in [1.29, 1.82) is 0 Å². The first-order chi connectivity index (χ1) is 9.17. The van der Waals surface area contributed by atoms with E-state index in [-0.39, 0.29) is 24.1 Å². The van der Waals surface area contributed by atoms with E-state index in [1.807, 2.05) is 6.92 Å². The molecule has 19 heavy (non-hydrogen) atoms. The molecule has 0 heterocycles. The number of hydrogen-bond acceptors (Lipinski definition) is 3. The highest BCUT2D eigenvalue weighted by molar-refractivity contribution is 5.22. The standard InChI is InChI=1S/C15H22FNO2/c1-2-17-15(11-18)9-3-4-14(10-15)19-13-7-5-12(16)6-8-13/h5-8,14,17-18H,2-4,9-11H2,1H3. The lowest BCUT2D eigenvalue weighted by atomic mass is 9.80. The van der Waals surface area contributed by atoms with E-state index in [4.69, 9.17) is 4.74 Å². The average Bonchev–Trinajstić information content (AvgIpc) is 2.42. The summed E-state index contributed by atoms with van der Waals surface area (Å²) in [4.78, 5) is 0. The Bertz CT molecular complexity index is 392. The first-order valence-electron chi connectivity index (χ1n) is 6.95. The van der Waals surface area contributed by atoms with Crippen molar-refractivity contribution >= 4 is 0 Å². The highest BCUT2D eigenvalue weighted by atomic mass is 19.1. The Hall–Kier alpha value is -1.13. The van der Waals surface area contributed by atoms with Crippen LogP contribution < -0.4 is 10.1 Å². The molecule has 2 rings (SSSR count). The maximum Gasteiger partial charge on any atom is 0.123 e. The second-order valence-corrected chi connectivity index (χ2v) is 5.26. The maximum absolute atomic E-state index is 12.8. The third kappa shape index (κ3) is 3.67. The molecule has 1 aromatic carbocycles. The van der Waals surface area contributed by atoms with E-state index in [2.05, 4.69) is 5.32 Å². The molecule has 1 fully saturated rings. The lowest BCUT2D eigenvalue weighted by molar-refractivity contribution is 0.0520. The molecule has 1 saturated carbocycles. The van der Waals surface area contributed by atoms with Gasteiger partial charge in [0.2, 0.25) is 0 Å². The van der Waals surface area contributed by atoms with Crippen LogP contribution in [0.1, 0.15) is 32.6 Å². The first-order valence-corrected chi connectivity index (χ1v) is 6.95. The smallest absolute Gasteiger partial charge is 0.123 e. The molecule has 0 bridgehead atoms. The third-order valence-electron chi connectivity index (χ3n) is 3.77. The topological polar surface area (TPSA) is 41.5 Å². The number of likely N-dealkylation sites (N-methyl/N-ethyl adjacent to an activating group) is 1. The Balaban J connectivity index is 1.99. The minimum absolute atomic E-state index is 0.0745. The monoisotopic (exact) mass is 267 g/mol. The summed E-state index contributed by atoms with van der Waals surface area (Å²) in [6.45, 7) is 3.01. The van der Waals surface area contributed by atoms with Gasteiger partial charge in [-0.2, -0.15) is 0 Å². The fourth-order valence-electron chi connectivity index (χ4n) is 2.85. The molecule has 0 radical (unpaired) electrons. The minimum atomic E-state index is -0.256. The van der Waals surface area contributed by atoms with Crippen molar-refractivity contribution < 1.29 is 14.2 Å².